The minimum atomic E-state index is -0.347. The highest BCUT2D eigenvalue weighted by molar-refractivity contribution is 5.92. The van der Waals surface area contributed by atoms with Crippen LogP contribution in [0.5, 0.6) is 0 Å². The van der Waals surface area contributed by atoms with Crippen molar-refractivity contribution in [1.82, 2.24) is 25.3 Å². The van der Waals surface area contributed by atoms with Gasteiger partial charge in [0, 0.05) is 30.9 Å². The zero-order chi connectivity index (χ0) is 21.8. The summed E-state index contributed by atoms with van der Waals surface area (Å²) in [4.78, 5) is 26.8. The second-order valence-electron chi connectivity index (χ2n) is 7.81. The van der Waals surface area contributed by atoms with E-state index in [2.05, 4.69) is 25.5 Å². The van der Waals surface area contributed by atoms with E-state index in [1.165, 1.54) is 22.9 Å². The number of halogens is 1. The van der Waals surface area contributed by atoms with Gasteiger partial charge in [0.25, 0.3) is 11.5 Å². The molecule has 0 saturated carbocycles. The first-order chi connectivity index (χ1) is 15.0. The van der Waals surface area contributed by atoms with Crippen LogP contribution in [0.1, 0.15) is 41.0 Å². The number of hydrogen-bond acceptors (Lipinski definition) is 5. The number of aromatic nitrogens is 4. The summed E-state index contributed by atoms with van der Waals surface area (Å²) in [5.74, 6) is 0.102. The van der Waals surface area contributed by atoms with Crippen LogP contribution in [0.3, 0.4) is 0 Å². The molecule has 0 aliphatic carbocycles. The molecule has 31 heavy (non-hydrogen) atoms. The highest BCUT2D eigenvalue weighted by Gasteiger charge is 2.25. The van der Waals surface area contributed by atoms with E-state index in [1.54, 1.807) is 24.3 Å². The maximum absolute atomic E-state index is 13.5. The molecule has 3 aromatic rings. The monoisotopic (exact) mass is 424 g/mol. The van der Waals surface area contributed by atoms with Crippen molar-refractivity contribution in [3.63, 3.8) is 0 Å². The largest absolute Gasteiger partial charge is 0.350 e. The van der Waals surface area contributed by atoms with Gasteiger partial charge in [0.2, 0.25) is 0 Å². The number of nitrogens with one attached hydrogen (secondary N) is 2. The average molecular weight is 424 g/mol. The van der Waals surface area contributed by atoms with Crippen molar-refractivity contribution in [2.75, 3.05) is 18.0 Å². The Balaban J connectivity index is 1.49. The fourth-order valence-corrected chi connectivity index (χ4v) is 3.86. The topological polar surface area (TPSA) is 95.9 Å². The number of H-pyrrole nitrogens is 1. The quantitative estimate of drug-likeness (QED) is 0.633. The first kappa shape index (κ1) is 20.8. The number of aryl methyl sites for hydroxylation is 1. The number of rotatable bonds is 6. The molecule has 0 bridgehead atoms. The predicted octanol–water partition coefficient (Wildman–Crippen LogP) is 2.25. The lowest BCUT2D eigenvalue weighted by molar-refractivity contribution is 0.0944. The highest BCUT2D eigenvalue weighted by Crippen LogP contribution is 2.22. The van der Waals surface area contributed by atoms with Crippen molar-refractivity contribution in [2.24, 2.45) is 0 Å². The van der Waals surface area contributed by atoms with E-state index in [0.717, 1.165) is 31.5 Å². The van der Waals surface area contributed by atoms with Crippen LogP contribution in [0.25, 0.3) is 0 Å². The summed E-state index contributed by atoms with van der Waals surface area (Å²) < 4.78 is 14.9. The van der Waals surface area contributed by atoms with E-state index in [4.69, 9.17) is 0 Å². The van der Waals surface area contributed by atoms with Gasteiger partial charge in [-0.25, -0.2) is 9.07 Å². The van der Waals surface area contributed by atoms with Crippen LogP contribution in [-0.4, -0.2) is 45.0 Å². The second kappa shape index (κ2) is 9.11. The van der Waals surface area contributed by atoms with Crippen molar-refractivity contribution >= 4 is 11.7 Å². The second-order valence-corrected chi connectivity index (χ2v) is 7.81. The molecule has 1 fully saturated rings. The molecule has 1 saturated heterocycles. The van der Waals surface area contributed by atoms with Crippen molar-refractivity contribution in [2.45, 2.75) is 38.8 Å². The molecule has 1 aliphatic heterocycles. The van der Waals surface area contributed by atoms with Gasteiger partial charge in [-0.15, -0.1) is 0 Å². The number of nitrogens with zero attached hydrogens (tertiary/aromatic N) is 4. The van der Waals surface area contributed by atoms with Gasteiger partial charge in [0.05, 0.1) is 6.54 Å². The van der Waals surface area contributed by atoms with E-state index >= 15 is 0 Å². The molecule has 1 aliphatic rings. The Morgan fingerprint density at radius 1 is 1.26 bits per heavy atom. The van der Waals surface area contributed by atoms with Gasteiger partial charge >= 0.3 is 0 Å². The Morgan fingerprint density at radius 2 is 2.13 bits per heavy atom. The lowest BCUT2D eigenvalue weighted by atomic mass is 10.0. The zero-order valence-electron chi connectivity index (χ0n) is 17.3. The van der Waals surface area contributed by atoms with Gasteiger partial charge in [0.15, 0.2) is 0 Å². The summed E-state index contributed by atoms with van der Waals surface area (Å²) in [6, 6.07) is 11.1. The number of piperidine rings is 1. The third kappa shape index (κ3) is 4.99. The number of anilines is 1. The molecule has 4 rings (SSSR count). The van der Waals surface area contributed by atoms with Crippen molar-refractivity contribution in [3.8, 4) is 0 Å². The van der Waals surface area contributed by atoms with Crippen LogP contribution < -0.4 is 15.8 Å². The molecular weight excluding hydrogens is 399 g/mol. The Bertz CT molecular complexity index is 1120. The minimum absolute atomic E-state index is 0.0605. The number of hydrogen-bond donors (Lipinski definition) is 2. The Morgan fingerprint density at radius 3 is 2.90 bits per heavy atom. The van der Waals surface area contributed by atoms with E-state index < -0.39 is 0 Å². The first-order valence-electron chi connectivity index (χ1n) is 10.4. The van der Waals surface area contributed by atoms with E-state index in [9.17, 15) is 14.0 Å². The van der Waals surface area contributed by atoms with Gasteiger partial charge in [-0.2, -0.15) is 10.2 Å². The Labute approximate surface area is 179 Å². The number of aromatic amines is 1. The molecule has 1 unspecified atom stereocenters. The van der Waals surface area contributed by atoms with Crippen LogP contribution in [0.2, 0.25) is 0 Å². The molecule has 0 radical (unpaired) electrons. The standard InChI is InChI=1S/C22H25FN6O2/c1-15-11-19(26-25-15)22(31)24-13-18-7-2-3-10-28(18)20-8-9-21(30)29(27-20)14-16-5-4-6-17(23)12-16/h4-6,8-9,11-12,18H,2-3,7,10,13-14H2,1H3,(H,24,31)(H,25,26). The van der Waals surface area contributed by atoms with Crippen molar-refractivity contribution in [1.29, 1.82) is 0 Å². The van der Waals surface area contributed by atoms with E-state index in [1.807, 2.05) is 6.92 Å². The summed E-state index contributed by atoms with van der Waals surface area (Å²) in [6.45, 7) is 3.28. The number of carbonyl (C=O) groups is 1. The summed E-state index contributed by atoms with van der Waals surface area (Å²) >= 11 is 0. The molecule has 3 heterocycles. The van der Waals surface area contributed by atoms with Crippen LogP contribution in [0.15, 0.2) is 47.3 Å². The molecule has 2 aromatic heterocycles. The predicted molar refractivity (Wildman–Crippen MR) is 115 cm³/mol. The number of carbonyl (C=O) groups excluding carboxylic acids is 1. The van der Waals surface area contributed by atoms with Crippen molar-refractivity contribution < 1.29 is 9.18 Å². The molecule has 1 amide bonds. The van der Waals surface area contributed by atoms with Gasteiger partial charge < -0.3 is 10.2 Å². The molecule has 162 valence electrons. The van der Waals surface area contributed by atoms with Gasteiger partial charge in [-0.3, -0.25) is 14.7 Å². The maximum atomic E-state index is 13.5. The Kier molecular flexibility index (Phi) is 6.11. The molecule has 8 nitrogen and oxygen atoms in total. The normalized spacial score (nSPS) is 16.3. The molecule has 0 spiro atoms. The molecule has 9 heteroatoms. The van der Waals surface area contributed by atoms with Crippen LogP contribution in [-0.2, 0) is 6.54 Å². The summed E-state index contributed by atoms with van der Waals surface area (Å²) in [7, 11) is 0. The Hall–Kier alpha value is -3.49. The molecular formula is C22H25FN6O2. The van der Waals surface area contributed by atoms with Gasteiger partial charge in [-0.05, 0) is 56.0 Å². The summed E-state index contributed by atoms with van der Waals surface area (Å²) in [5.41, 5.74) is 1.61. The number of benzene rings is 1. The number of amides is 1. The first-order valence-corrected chi connectivity index (χ1v) is 10.4. The van der Waals surface area contributed by atoms with E-state index in [-0.39, 0.29) is 29.9 Å². The zero-order valence-corrected chi connectivity index (χ0v) is 17.3. The average Bonchev–Trinajstić information content (AvgIpc) is 3.20. The van der Waals surface area contributed by atoms with Crippen molar-refractivity contribution in [3.05, 3.63) is 75.6 Å². The molecule has 2 N–H and O–H groups in total. The SMILES string of the molecule is Cc1cc(C(=O)NCC2CCCCN2c2ccc(=O)n(Cc3cccc(F)c3)n2)n[nH]1. The minimum Gasteiger partial charge on any atom is -0.350 e. The third-order valence-electron chi connectivity index (χ3n) is 5.43. The maximum Gasteiger partial charge on any atom is 0.271 e. The fourth-order valence-electron chi connectivity index (χ4n) is 3.86. The van der Waals surface area contributed by atoms with Gasteiger partial charge in [-0.1, -0.05) is 12.1 Å². The van der Waals surface area contributed by atoms with Crippen LogP contribution in [0.4, 0.5) is 10.2 Å². The van der Waals surface area contributed by atoms with Crippen LogP contribution >= 0.6 is 0 Å². The van der Waals surface area contributed by atoms with Gasteiger partial charge in [0.1, 0.15) is 17.3 Å². The highest BCUT2D eigenvalue weighted by atomic mass is 19.1. The van der Waals surface area contributed by atoms with E-state index in [0.29, 0.717) is 23.6 Å². The summed E-state index contributed by atoms with van der Waals surface area (Å²) in [6.07, 6.45) is 2.97. The smallest absolute Gasteiger partial charge is 0.271 e. The van der Waals surface area contributed by atoms with Crippen LogP contribution in [0, 0.1) is 12.7 Å². The lowest BCUT2D eigenvalue weighted by Gasteiger charge is -2.36. The molecule has 1 atom stereocenters. The fraction of sp³-hybridized carbons (Fsp3) is 0.364. The lowest BCUT2D eigenvalue weighted by Crippen LogP contribution is -2.47. The third-order valence-corrected chi connectivity index (χ3v) is 5.43. The molecule has 1 aromatic carbocycles. The summed E-state index contributed by atoms with van der Waals surface area (Å²) in [5, 5.41) is 14.3.